The predicted molar refractivity (Wildman–Crippen MR) is 111 cm³/mol. The molecule has 0 unspecified atom stereocenters. The number of rotatable bonds is 8. The second kappa shape index (κ2) is 9.26. The highest BCUT2D eigenvalue weighted by molar-refractivity contribution is 5.83. The predicted octanol–water partition coefficient (Wildman–Crippen LogP) is 5.04. The molecule has 1 aromatic heterocycles. The summed E-state index contributed by atoms with van der Waals surface area (Å²) in [6.07, 6.45) is 0. The largest absolute Gasteiger partial charge is 0.490 e. The van der Waals surface area contributed by atoms with Crippen molar-refractivity contribution in [1.29, 1.82) is 0 Å². The number of ether oxygens (including phenoxy) is 2. The first-order valence-corrected chi connectivity index (χ1v) is 9.70. The number of hydrogen-bond acceptors (Lipinski definition) is 5. The van der Waals surface area contributed by atoms with Crippen molar-refractivity contribution in [3.05, 3.63) is 69.1 Å². The first-order valence-electron chi connectivity index (χ1n) is 9.70. The first-order chi connectivity index (χ1) is 14.3. The fourth-order valence-electron chi connectivity index (χ4n) is 3.43. The lowest BCUT2D eigenvalue weighted by atomic mass is 10.0. The zero-order chi connectivity index (χ0) is 21.8. The normalized spacial score (nSPS) is 11.5. The Labute approximate surface area is 173 Å². The van der Waals surface area contributed by atoms with Gasteiger partial charge in [0.05, 0.1) is 6.61 Å². The standard InChI is InChI=1S/C23H25F2NO4/c1-5-28-20-10-16(7-9-19(20)29-23(24)25)12-26(4)13-17-11-21(27)30-22-15(3)14(2)6-8-18(17)22/h6-11,23H,5,12-13H2,1-4H3. The second-order valence-electron chi connectivity index (χ2n) is 7.24. The van der Waals surface area contributed by atoms with E-state index in [1.54, 1.807) is 19.1 Å². The van der Waals surface area contributed by atoms with Gasteiger partial charge in [-0.05, 0) is 62.2 Å². The van der Waals surface area contributed by atoms with E-state index >= 15 is 0 Å². The molecule has 0 bridgehead atoms. The van der Waals surface area contributed by atoms with E-state index in [0.717, 1.165) is 27.6 Å². The lowest BCUT2D eigenvalue weighted by Crippen LogP contribution is -2.19. The molecule has 0 spiro atoms. The molecule has 0 aliphatic rings. The molecule has 2 aromatic carbocycles. The van der Waals surface area contributed by atoms with E-state index in [1.165, 1.54) is 12.1 Å². The number of fused-ring (bicyclic) bond motifs is 1. The maximum atomic E-state index is 12.6. The number of halogens is 2. The summed E-state index contributed by atoms with van der Waals surface area (Å²) >= 11 is 0. The van der Waals surface area contributed by atoms with Gasteiger partial charge in [-0.25, -0.2) is 4.79 Å². The Kier molecular flexibility index (Phi) is 6.72. The van der Waals surface area contributed by atoms with Gasteiger partial charge in [-0.1, -0.05) is 18.2 Å². The smallest absolute Gasteiger partial charge is 0.387 e. The molecule has 0 N–H and O–H groups in total. The fourth-order valence-corrected chi connectivity index (χ4v) is 3.43. The molecule has 0 amide bonds. The number of benzene rings is 2. The highest BCUT2D eigenvalue weighted by Gasteiger charge is 2.14. The van der Waals surface area contributed by atoms with Crippen LogP contribution in [0, 0.1) is 13.8 Å². The number of alkyl halides is 2. The van der Waals surface area contributed by atoms with Gasteiger partial charge in [0.1, 0.15) is 5.58 Å². The van der Waals surface area contributed by atoms with Crippen LogP contribution in [-0.4, -0.2) is 25.2 Å². The molecule has 7 heteroatoms. The Morgan fingerprint density at radius 1 is 1.07 bits per heavy atom. The van der Waals surface area contributed by atoms with Crippen LogP contribution in [0.15, 0.2) is 45.6 Å². The summed E-state index contributed by atoms with van der Waals surface area (Å²) in [5.74, 6) is 0.288. The molecular formula is C23H25F2NO4. The summed E-state index contributed by atoms with van der Waals surface area (Å²) in [5, 5.41) is 0.903. The van der Waals surface area contributed by atoms with Gasteiger partial charge in [0.25, 0.3) is 0 Å². The molecule has 0 saturated heterocycles. The summed E-state index contributed by atoms with van der Waals surface area (Å²) in [7, 11) is 1.92. The molecule has 0 radical (unpaired) electrons. The topological polar surface area (TPSA) is 51.9 Å². The SMILES string of the molecule is CCOc1cc(CN(C)Cc2cc(=O)oc3c(C)c(C)ccc23)ccc1OC(F)F. The zero-order valence-corrected chi connectivity index (χ0v) is 17.5. The van der Waals surface area contributed by atoms with Crippen LogP contribution < -0.4 is 15.1 Å². The molecule has 0 atom stereocenters. The van der Waals surface area contributed by atoms with Crippen molar-refractivity contribution >= 4 is 11.0 Å². The van der Waals surface area contributed by atoms with Crippen molar-refractivity contribution in [3.8, 4) is 11.5 Å². The van der Waals surface area contributed by atoms with E-state index in [2.05, 4.69) is 4.74 Å². The number of aryl methyl sites for hydroxylation is 2. The minimum Gasteiger partial charge on any atom is -0.490 e. The van der Waals surface area contributed by atoms with Gasteiger partial charge >= 0.3 is 12.2 Å². The van der Waals surface area contributed by atoms with Gasteiger partial charge in [0, 0.05) is 24.5 Å². The van der Waals surface area contributed by atoms with Crippen LogP contribution in [-0.2, 0) is 13.1 Å². The van der Waals surface area contributed by atoms with E-state index in [9.17, 15) is 13.6 Å². The fraction of sp³-hybridized carbons (Fsp3) is 0.348. The van der Waals surface area contributed by atoms with E-state index in [4.69, 9.17) is 9.15 Å². The average molecular weight is 417 g/mol. The third-order valence-corrected chi connectivity index (χ3v) is 4.93. The monoisotopic (exact) mass is 417 g/mol. The van der Waals surface area contributed by atoms with Crippen molar-refractivity contribution in [2.24, 2.45) is 0 Å². The Morgan fingerprint density at radius 2 is 1.83 bits per heavy atom. The molecule has 0 fully saturated rings. The Bertz CT molecular complexity index is 1090. The van der Waals surface area contributed by atoms with Crippen LogP contribution in [0.4, 0.5) is 8.78 Å². The molecule has 30 heavy (non-hydrogen) atoms. The molecule has 1 heterocycles. The molecule has 5 nitrogen and oxygen atoms in total. The lowest BCUT2D eigenvalue weighted by Gasteiger charge is -2.19. The van der Waals surface area contributed by atoms with Gasteiger partial charge in [-0.2, -0.15) is 8.78 Å². The highest BCUT2D eigenvalue weighted by Crippen LogP contribution is 2.30. The first kappa shape index (κ1) is 21.8. The molecule has 3 rings (SSSR count). The van der Waals surface area contributed by atoms with E-state index in [1.807, 2.05) is 37.9 Å². The molecule has 160 valence electrons. The van der Waals surface area contributed by atoms with Crippen LogP contribution in [0.1, 0.15) is 29.2 Å². The third kappa shape index (κ3) is 4.97. The Morgan fingerprint density at radius 3 is 2.53 bits per heavy atom. The van der Waals surface area contributed by atoms with Crippen LogP contribution in [0.5, 0.6) is 11.5 Å². The van der Waals surface area contributed by atoms with E-state index in [0.29, 0.717) is 25.3 Å². The van der Waals surface area contributed by atoms with Crippen LogP contribution in [0.25, 0.3) is 11.0 Å². The summed E-state index contributed by atoms with van der Waals surface area (Å²) in [5.41, 5.74) is 3.98. The summed E-state index contributed by atoms with van der Waals surface area (Å²) < 4.78 is 40.6. The third-order valence-electron chi connectivity index (χ3n) is 4.93. The highest BCUT2D eigenvalue weighted by atomic mass is 19.3. The van der Waals surface area contributed by atoms with Crippen LogP contribution in [0.2, 0.25) is 0 Å². The van der Waals surface area contributed by atoms with Crippen LogP contribution >= 0.6 is 0 Å². The van der Waals surface area contributed by atoms with Crippen molar-refractivity contribution in [3.63, 3.8) is 0 Å². The molecule has 0 aliphatic carbocycles. The Hall–Kier alpha value is -2.93. The minimum atomic E-state index is -2.91. The quantitative estimate of drug-likeness (QED) is 0.481. The number of nitrogens with zero attached hydrogens (tertiary/aromatic N) is 1. The van der Waals surface area contributed by atoms with Crippen molar-refractivity contribution < 1.29 is 22.7 Å². The van der Waals surface area contributed by atoms with Gasteiger partial charge in [0.2, 0.25) is 0 Å². The molecule has 0 saturated carbocycles. The maximum absolute atomic E-state index is 12.6. The summed E-state index contributed by atoms with van der Waals surface area (Å²) in [6.45, 7) is 4.16. The van der Waals surface area contributed by atoms with E-state index < -0.39 is 6.61 Å². The van der Waals surface area contributed by atoms with Gasteiger partial charge in [-0.15, -0.1) is 0 Å². The van der Waals surface area contributed by atoms with Crippen LogP contribution in [0.3, 0.4) is 0 Å². The van der Waals surface area contributed by atoms with Gasteiger partial charge < -0.3 is 13.9 Å². The lowest BCUT2D eigenvalue weighted by molar-refractivity contribution is -0.0514. The molecular weight excluding hydrogens is 392 g/mol. The minimum absolute atomic E-state index is 0.00996. The van der Waals surface area contributed by atoms with Gasteiger partial charge in [-0.3, -0.25) is 4.90 Å². The van der Waals surface area contributed by atoms with Gasteiger partial charge in [0.15, 0.2) is 11.5 Å². The second-order valence-corrected chi connectivity index (χ2v) is 7.24. The summed E-state index contributed by atoms with van der Waals surface area (Å²) in [6, 6.07) is 10.4. The average Bonchev–Trinajstić information content (AvgIpc) is 2.67. The number of hydrogen-bond donors (Lipinski definition) is 0. The zero-order valence-electron chi connectivity index (χ0n) is 17.5. The summed E-state index contributed by atoms with van der Waals surface area (Å²) in [4.78, 5) is 14.1. The Balaban J connectivity index is 1.84. The van der Waals surface area contributed by atoms with E-state index in [-0.39, 0.29) is 17.1 Å². The maximum Gasteiger partial charge on any atom is 0.387 e. The molecule has 0 aliphatic heterocycles. The van der Waals surface area contributed by atoms with Crippen molar-refractivity contribution in [2.75, 3.05) is 13.7 Å². The van der Waals surface area contributed by atoms with Crippen molar-refractivity contribution in [1.82, 2.24) is 4.90 Å². The van der Waals surface area contributed by atoms with Crippen molar-refractivity contribution in [2.45, 2.75) is 40.5 Å². The molecule has 3 aromatic rings.